The first kappa shape index (κ1) is 12.7. The molecule has 1 heterocycles. The van der Waals surface area contributed by atoms with Crippen LogP contribution in [0, 0.1) is 5.82 Å². The molecule has 2 atom stereocenters. The van der Waals surface area contributed by atoms with E-state index in [1.807, 2.05) is 18.2 Å². The average Bonchev–Trinajstić information content (AvgIpc) is 3.31. The molecule has 0 N–H and O–H groups in total. The highest BCUT2D eigenvalue weighted by Gasteiger charge is 2.35. The minimum absolute atomic E-state index is 0.0185. The molecule has 1 aliphatic carbocycles. The van der Waals surface area contributed by atoms with Gasteiger partial charge in [0.25, 0.3) is 0 Å². The van der Waals surface area contributed by atoms with E-state index in [1.54, 1.807) is 6.07 Å². The van der Waals surface area contributed by atoms with Gasteiger partial charge in [-0.3, -0.25) is 4.79 Å². The van der Waals surface area contributed by atoms with Crippen molar-refractivity contribution in [2.75, 3.05) is 6.61 Å². The SMILES string of the molecule is O=C1c2cc(F)ccc2Cc2ccccc2C1CC1CO1. The maximum absolute atomic E-state index is 13.6. The van der Waals surface area contributed by atoms with Gasteiger partial charge >= 0.3 is 0 Å². The van der Waals surface area contributed by atoms with Gasteiger partial charge in [0.2, 0.25) is 0 Å². The number of halogens is 1. The van der Waals surface area contributed by atoms with E-state index in [1.165, 1.54) is 12.1 Å². The molecule has 2 unspecified atom stereocenters. The fraction of sp³-hybridized carbons (Fsp3) is 0.278. The highest BCUT2D eigenvalue weighted by atomic mass is 19.1. The summed E-state index contributed by atoms with van der Waals surface area (Å²) >= 11 is 0. The lowest BCUT2D eigenvalue weighted by molar-refractivity contribution is 0.0950. The zero-order valence-electron chi connectivity index (χ0n) is 11.5. The molecule has 0 aromatic heterocycles. The first-order chi connectivity index (χ1) is 10.2. The Labute approximate surface area is 122 Å². The third-order valence-corrected chi connectivity index (χ3v) is 4.37. The topological polar surface area (TPSA) is 29.6 Å². The van der Waals surface area contributed by atoms with E-state index in [9.17, 15) is 9.18 Å². The Hall–Kier alpha value is -2.00. The van der Waals surface area contributed by atoms with Crippen LogP contribution in [-0.4, -0.2) is 18.5 Å². The van der Waals surface area contributed by atoms with Gasteiger partial charge in [-0.2, -0.15) is 0 Å². The number of hydrogen-bond donors (Lipinski definition) is 0. The van der Waals surface area contributed by atoms with Gasteiger partial charge in [0.05, 0.1) is 18.6 Å². The number of fused-ring (bicyclic) bond motifs is 2. The fourth-order valence-corrected chi connectivity index (χ4v) is 3.20. The maximum Gasteiger partial charge on any atom is 0.170 e. The van der Waals surface area contributed by atoms with Gasteiger partial charge in [0, 0.05) is 5.56 Å². The minimum atomic E-state index is -0.352. The number of rotatable bonds is 2. The number of epoxide rings is 1. The molecule has 21 heavy (non-hydrogen) atoms. The Morgan fingerprint density at radius 2 is 1.95 bits per heavy atom. The lowest BCUT2D eigenvalue weighted by Gasteiger charge is -2.15. The van der Waals surface area contributed by atoms with Crippen LogP contribution in [0.15, 0.2) is 42.5 Å². The summed E-state index contributed by atoms with van der Waals surface area (Å²) in [5, 5.41) is 0. The van der Waals surface area contributed by atoms with E-state index in [0.29, 0.717) is 18.4 Å². The van der Waals surface area contributed by atoms with Crippen LogP contribution >= 0.6 is 0 Å². The van der Waals surface area contributed by atoms with Gasteiger partial charge in [-0.25, -0.2) is 4.39 Å². The lowest BCUT2D eigenvalue weighted by Crippen LogP contribution is -2.15. The lowest BCUT2D eigenvalue weighted by atomic mass is 9.87. The summed E-state index contributed by atoms with van der Waals surface area (Å²) in [5.74, 6) is -0.559. The van der Waals surface area contributed by atoms with Gasteiger partial charge in [-0.15, -0.1) is 0 Å². The third-order valence-electron chi connectivity index (χ3n) is 4.37. The summed E-state index contributed by atoms with van der Waals surface area (Å²) in [7, 11) is 0. The summed E-state index contributed by atoms with van der Waals surface area (Å²) in [6, 6.07) is 12.6. The summed E-state index contributed by atoms with van der Waals surface area (Å²) in [6.07, 6.45) is 1.54. The van der Waals surface area contributed by atoms with E-state index in [4.69, 9.17) is 4.74 Å². The molecule has 0 amide bonds. The largest absolute Gasteiger partial charge is 0.373 e. The molecule has 1 aliphatic heterocycles. The number of Topliss-reactive ketones (excluding diaryl/α,β-unsaturated/α-hetero) is 1. The average molecular weight is 282 g/mol. The van der Waals surface area contributed by atoms with E-state index in [2.05, 4.69) is 6.07 Å². The molecule has 0 spiro atoms. The highest BCUT2D eigenvalue weighted by Crippen LogP contribution is 2.37. The molecule has 0 bridgehead atoms. The van der Waals surface area contributed by atoms with Crippen LogP contribution in [0.1, 0.15) is 39.4 Å². The standard InChI is InChI=1S/C18H15FO2/c19-13-6-5-12-7-11-3-1-2-4-15(11)17(9-14-10-21-14)18(20)16(12)8-13/h1-6,8,14,17H,7,9-10H2. The Balaban J connectivity index is 1.87. The van der Waals surface area contributed by atoms with Crippen molar-refractivity contribution in [3.8, 4) is 0 Å². The smallest absolute Gasteiger partial charge is 0.170 e. The predicted molar refractivity (Wildman–Crippen MR) is 77.1 cm³/mol. The van der Waals surface area contributed by atoms with Gasteiger partial charge < -0.3 is 4.74 Å². The molecular weight excluding hydrogens is 267 g/mol. The summed E-state index contributed by atoms with van der Waals surface area (Å²) < 4.78 is 18.9. The van der Waals surface area contributed by atoms with E-state index in [-0.39, 0.29) is 23.6 Å². The van der Waals surface area contributed by atoms with Crippen LogP contribution < -0.4 is 0 Å². The minimum Gasteiger partial charge on any atom is -0.373 e. The van der Waals surface area contributed by atoms with Crippen LogP contribution in [0.4, 0.5) is 4.39 Å². The van der Waals surface area contributed by atoms with Crippen molar-refractivity contribution in [2.24, 2.45) is 0 Å². The number of ketones is 1. The molecule has 4 rings (SSSR count). The predicted octanol–water partition coefficient (Wildman–Crippen LogP) is 3.49. The Morgan fingerprint density at radius 1 is 1.14 bits per heavy atom. The van der Waals surface area contributed by atoms with Crippen LogP contribution in [0.25, 0.3) is 0 Å². The van der Waals surface area contributed by atoms with Crippen molar-refractivity contribution in [3.05, 3.63) is 70.5 Å². The number of carbonyl (C=O) groups is 1. The molecule has 106 valence electrons. The van der Waals surface area contributed by atoms with E-state index in [0.717, 1.165) is 23.3 Å². The quantitative estimate of drug-likeness (QED) is 0.789. The second-order valence-corrected chi connectivity index (χ2v) is 5.78. The number of hydrogen-bond acceptors (Lipinski definition) is 2. The third kappa shape index (κ3) is 2.28. The zero-order chi connectivity index (χ0) is 14.4. The Morgan fingerprint density at radius 3 is 2.76 bits per heavy atom. The maximum atomic E-state index is 13.6. The van der Waals surface area contributed by atoms with Crippen molar-refractivity contribution < 1.29 is 13.9 Å². The second kappa shape index (κ2) is 4.78. The normalized spacial score (nSPS) is 23.2. The number of ether oxygens (including phenoxy) is 1. The molecular formula is C18H15FO2. The van der Waals surface area contributed by atoms with Gasteiger partial charge in [0.1, 0.15) is 5.82 Å². The van der Waals surface area contributed by atoms with Crippen molar-refractivity contribution >= 4 is 5.78 Å². The molecule has 1 saturated heterocycles. The molecule has 2 aromatic carbocycles. The summed E-state index contributed by atoms with van der Waals surface area (Å²) in [4.78, 5) is 12.9. The Kier molecular flexibility index (Phi) is 2.89. The van der Waals surface area contributed by atoms with Gasteiger partial charge in [0.15, 0.2) is 5.78 Å². The van der Waals surface area contributed by atoms with E-state index >= 15 is 0 Å². The molecule has 0 saturated carbocycles. The summed E-state index contributed by atoms with van der Waals surface area (Å²) in [5.41, 5.74) is 3.65. The Bertz CT molecular complexity index is 719. The van der Waals surface area contributed by atoms with Gasteiger partial charge in [-0.05, 0) is 41.7 Å². The molecule has 2 aliphatic rings. The van der Waals surface area contributed by atoms with E-state index < -0.39 is 0 Å². The monoisotopic (exact) mass is 282 g/mol. The number of benzene rings is 2. The van der Waals surface area contributed by atoms with Crippen LogP contribution in [0.2, 0.25) is 0 Å². The van der Waals surface area contributed by atoms with Crippen LogP contribution in [-0.2, 0) is 11.2 Å². The molecule has 0 radical (unpaired) electrons. The van der Waals surface area contributed by atoms with Crippen molar-refractivity contribution in [1.82, 2.24) is 0 Å². The first-order valence-corrected chi connectivity index (χ1v) is 7.24. The zero-order valence-corrected chi connectivity index (χ0v) is 11.5. The van der Waals surface area contributed by atoms with Crippen molar-refractivity contribution in [3.63, 3.8) is 0 Å². The van der Waals surface area contributed by atoms with Crippen LogP contribution in [0.5, 0.6) is 0 Å². The summed E-state index contributed by atoms with van der Waals surface area (Å²) in [6.45, 7) is 0.724. The molecule has 1 fully saturated rings. The van der Waals surface area contributed by atoms with Crippen molar-refractivity contribution in [2.45, 2.75) is 24.9 Å². The fourth-order valence-electron chi connectivity index (χ4n) is 3.20. The molecule has 2 nitrogen and oxygen atoms in total. The van der Waals surface area contributed by atoms with Gasteiger partial charge in [-0.1, -0.05) is 30.3 Å². The van der Waals surface area contributed by atoms with Crippen molar-refractivity contribution in [1.29, 1.82) is 0 Å². The molecule has 2 aromatic rings. The second-order valence-electron chi connectivity index (χ2n) is 5.78. The van der Waals surface area contributed by atoms with Crippen LogP contribution in [0.3, 0.4) is 0 Å². The number of carbonyl (C=O) groups excluding carboxylic acids is 1. The first-order valence-electron chi connectivity index (χ1n) is 7.24. The molecule has 3 heteroatoms. The highest BCUT2D eigenvalue weighted by molar-refractivity contribution is 6.03.